The number of hydrogen-bond donors (Lipinski definition) is 2. The summed E-state index contributed by atoms with van der Waals surface area (Å²) in [5.74, 6) is 0.0781. The van der Waals surface area contributed by atoms with Crippen molar-refractivity contribution in [2.24, 2.45) is 0 Å². The van der Waals surface area contributed by atoms with Crippen molar-refractivity contribution < 1.29 is 17.9 Å². The summed E-state index contributed by atoms with van der Waals surface area (Å²) < 4.78 is 32.9. The second-order valence-corrected chi connectivity index (χ2v) is 7.16. The summed E-state index contributed by atoms with van der Waals surface area (Å²) in [6, 6.07) is 9.84. The molecule has 3 rings (SSSR count). The van der Waals surface area contributed by atoms with Crippen molar-refractivity contribution in [2.45, 2.75) is 18.7 Å². The highest BCUT2D eigenvalue weighted by molar-refractivity contribution is 7.92. The van der Waals surface area contributed by atoms with Crippen molar-refractivity contribution in [1.82, 2.24) is 0 Å². The summed E-state index contributed by atoms with van der Waals surface area (Å²) in [7, 11) is -3.74. The van der Waals surface area contributed by atoms with Gasteiger partial charge in [0.25, 0.3) is 15.9 Å². The molecular weight excluding hydrogens is 316 g/mol. The quantitative estimate of drug-likeness (QED) is 0.904. The van der Waals surface area contributed by atoms with Gasteiger partial charge in [0, 0.05) is 11.8 Å². The number of aryl methyl sites for hydroxylation is 2. The first-order valence-corrected chi connectivity index (χ1v) is 8.50. The lowest BCUT2D eigenvalue weighted by molar-refractivity contribution is -0.118. The molecule has 2 N–H and O–H groups in total. The van der Waals surface area contributed by atoms with E-state index >= 15 is 0 Å². The molecule has 0 fully saturated rings. The van der Waals surface area contributed by atoms with Crippen LogP contribution in [0.1, 0.15) is 11.1 Å². The van der Waals surface area contributed by atoms with Crippen molar-refractivity contribution >= 4 is 27.3 Å². The molecule has 0 atom stereocenters. The van der Waals surface area contributed by atoms with E-state index in [1.807, 2.05) is 19.9 Å². The molecule has 120 valence electrons. The second-order valence-electron chi connectivity index (χ2n) is 5.48. The summed E-state index contributed by atoms with van der Waals surface area (Å²) in [6.07, 6.45) is 0. The van der Waals surface area contributed by atoms with E-state index in [4.69, 9.17) is 4.74 Å². The van der Waals surface area contributed by atoms with Gasteiger partial charge in [-0.25, -0.2) is 8.42 Å². The molecule has 7 heteroatoms. The Morgan fingerprint density at radius 1 is 1.09 bits per heavy atom. The Morgan fingerprint density at radius 2 is 1.78 bits per heavy atom. The van der Waals surface area contributed by atoms with Gasteiger partial charge in [-0.3, -0.25) is 9.52 Å². The van der Waals surface area contributed by atoms with Gasteiger partial charge >= 0.3 is 0 Å². The Kier molecular flexibility index (Phi) is 3.73. The summed E-state index contributed by atoms with van der Waals surface area (Å²) in [4.78, 5) is 11.3. The van der Waals surface area contributed by atoms with Gasteiger partial charge in [0.05, 0.1) is 10.6 Å². The molecule has 0 spiro atoms. The minimum Gasteiger partial charge on any atom is -0.482 e. The van der Waals surface area contributed by atoms with Gasteiger partial charge in [0.2, 0.25) is 0 Å². The Bertz CT molecular complexity index is 871. The van der Waals surface area contributed by atoms with Crippen molar-refractivity contribution in [1.29, 1.82) is 0 Å². The number of fused-ring (bicyclic) bond motifs is 1. The van der Waals surface area contributed by atoms with Crippen LogP contribution in [-0.2, 0) is 14.8 Å². The lowest BCUT2D eigenvalue weighted by Crippen LogP contribution is -2.25. The van der Waals surface area contributed by atoms with Crippen molar-refractivity contribution in [3.63, 3.8) is 0 Å². The number of anilines is 2. The average molecular weight is 332 g/mol. The highest BCUT2D eigenvalue weighted by Gasteiger charge is 2.21. The highest BCUT2D eigenvalue weighted by Crippen LogP contribution is 2.31. The number of rotatable bonds is 3. The van der Waals surface area contributed by atoms with Gasteiger partial charge in [0.1, 0.15) is 5.75 Å². The van der Waals surface area contributed by atoms with Crippen LogP contribution in [0.4, 0.5) is 11.4 Å². The van der Waals surface area contributed by atoms with E-state index in [-0.39, 0.29) is 17.4 Å². The molecular formula is C16H16N2O4S. The monoisotopic (exact) mass is 332 g/mol. The molecule has 1 heterocycles. The van der Waals surface area contributed by atoms with Crippen molar-refractivity contribution in [2.75, 3.05) is 16.6 Å². The first-order valence-electron chi connectivity index (χ1n) is 7.01. The summed E-state index contributed by atoms with van der Waals surface area (Å²) >= 11 is 0. The molecule has 0 aliphatic carbocycles. The molecule has 0 unspecified atom stereocenters. The van der Waals surface area contributed by atoms with Crippen molar-refractivity contribution in [3.05, 3.63) is 47.5 Å². The van der Waals surface area contributed by atoms with E-state index in [0.29, 0.717) is 17.1 Å². The van der Waals surface area contributed by atoms with E-state index < -0.39 is 10.0 Å². The summed E-state index contributed by atoms with van der Waals surface area (Å²) in [5.41, 5.74) is 2.92. The zero-order valence-electron chi connectivity index (χ0n) is 12.7. The van der Waals surface area contributed by atoms with Gasteiger partial charge in [0.15, 0.2) is 6.61 Å². The number of carbonyl (C=O) groups excluding carboxylic acids is 1. The SMILES string of the molecule is Cc1cc(C)cc(NS(=O)(=O)c2ccc3c(c2)OCC(=O)N3)c1. The fraction of sp³-hybridized carbons (Fsp3) is 0.188. The highest BCUT2D eigenvalue weighted by atomic mass is 32.2. The average Bonchev–Trinajstić information content (AvgIpc) is 2.44. The third-order valence-electron chi connectivity index (χ3n) is 3.37. The van der Waals surface area contributed by atoms with Crippen LogP contribution in [-0.4, -0.2) is 20.9 Å². The predicted molar refractivity (Wildman–Crippen MR) is 87.3 cm³/mol. The maximum atomic E-state index is 12.5. The number of benzene rings is 2. The van der Waals surface area contributed by atoms with Crippen LogP contribution >= 0.6 is 0 Å². The van der Waals surface area contributed by atoms with Crippen LogP contribution in [0, 0.1) is 13.8 Å². The molecule has 2 aromatic carbocycles. The maximum absolute atomic E-state index is 12.5. The summed E-state index contributed by atoms with van der Waals surface area (Å²) in [5, 5.41) is 2.62. The van der Waals surface area contributed by atoms with E-state index in [9.17, 15) is 13.2 Å². The molecule has 23 heavy (non-hydrogen) atoms. The van der Waals surface area contributed by atoms with Gasteiger partial charge < -0.3 is 10.1 Å². The first-order chi connectivity index (χ1) is 10.8. The molecule has 0 saturated heterocycles. The van der Waals surface area contributed by atoms with Crippen LogP contribution in [0.15, 0.2) is 41.3 Å². The molecule has 0 saturated carbocycles. The van der Waals surface area contributed by atoms with E-state index in [2.05, 4.69) is 10.0 Å². The maximum Gasteiger partial charge on any atom is 0.262 e. The normalized spacial score (nSPS) is 13.7. The third-order valence-corrected chi connectivity index (χ3v) is 4.75. The lowest BCUT2D eigenvalue weighted by Gasteiger charge is -2.18. The fourth-order valence-electron chi connectivity index (χ4n) is 2.47. The Balaban J connectivity index is 1.92. The Morgan fingerprint density at radius 3 is 2.48 bits per heavy atom. The smallest absolute Gasteiger partial charge is 0.262 e. The van der Waals surface area contributed by atoms with Gasteiger partial charge in [-0.1, -0.05) is 6.07 Å². The third kappa shape index (κ3) is 3.29. The Labute approximate surface area is 134 Å². The van der Waals surface area contributed by atoms with Gasteiger partial charge in [-0.05, 0) is 49.2 Å². The number of sulfonamides is 1. The molecule has 1 aliphatic rings. The van der Waals surface area contributed by atoms with E-state index in [1.165, 1.54) is 18.2 Å². The zero-order chi connectivity index (χ0) is 16.6. The fourth-order valence-corrected chi connectivity index (χ4v) is 3.53. The second kappa shape index (κ2) is 5.58. The van der Waals surface area contributed by atoms with Crippen LogP contribution in [0.3, 0.4) is 0 Å². The standard InChI is InChI=1S/C16H16N2O4S/c1-10-5-11(2)7-12(6-10)18-23(20,21)13-3-4-14-15(8-13)22-9-16(19)17-14/h3-8,18H,9H2,1-2H3,(H,17,19). The first kappa shape index (κ1) is 15.4. The molecule has 0 aromatic heterocycles. The molecule has 1 aliphatic heterocycles. The van der Waals surface area contributed by atoms with Crippen LogP contribution in [0.2, 0.25) is 0 Å². The molecule has 0 radical (unpaired) electrons. The van der Waals surface area contributed by atoms with Crippen molar-refractivity contribution in [3.8, 4) is 5.75 Å². The minimum absolute atomic E-state index is 0.0755. The largest absolute Gasteiger partial charge is 0.482 e. The van der Waals surface area contributed by atoms with E-state index in [0.717, 1.165) is 11.1 Å². The number of ether oxygens (including phenoxy) is 1. The molecule has 0 bridgehead atoms. The molecule has 2 aromatic rings. The number of amides is 1. The van der Waals surface area contributed by atoms with Gasteiger partial charge in [-0.2, -0.15) is 0 Å². The van der Waals surface area contributed by atoms with Crippen LogP contribution < -0.4 is 14.8 Å². The number of carbonyl (C=O) groups is 1. The molecule has 1 amide bonds. The van der Waals surface area contributed by atoms with Gasteiger partial charge in [-0.15, -0.1) is 0 Å². The lowest BCUT2D eigenvalue weighted by atomic mass is 10.1. The minimum atomic E-state index is -3.74. The Hall–Kier alpha value is -2.54. The zero-order valence-corrected chi connectivity index (χ0v) is 13.5. The topological polar surface area (TPSA) is 84.5 Å². The van der Waals surface area contributed by atoms with Crippen LogP contribution in [0.25, 0.3) is 0 Å². The van der Waals surface area contributed by atoms with E-state index in [1.54, 1.807) is 12.1 Å². The van der Waals surface area contributed by atoms with Crippen LogP contribution in [0.5, 0.6) is 5.75 Å². The number of nitrogens with one attached hydrogen (secondary N) is 2. The summed E-state index contributed by atoms with van der Waals surface area (Å²) in [6.45, 7) is 3.68. The predicted octanol–water partition coefficient (Wildman–Crippen LogP) is 2.44. The number of hydrogen-bond acceptors (Lipinski definition) is 4. The molecule has 6 nitrogen and oxygen atoms in total.